The Hall–Kier alpha value is -0.750. The quantitative estimate of drug-likeness (QED) is 0.753. The number of nitriles is 1. The van der Waals surface area contributed by atoms with Crippen molar-refractivity contribution in [1.82, 2.24) is 0 Å². The molecule has 1 aromatic carbocycles. The molecule has 1 aromatic rings. The third kappa shape index (κ3) is 1.96. The van der Waals surface area contributed by atoms with Crippen LogP contribution >= 0.6 is 23.2 Å². The molecule has 1 aliphatic rings. The molecule has 0 bridgehead atoms. The fourth-order valence-corrected chi connectivity index (χ4v) is 2.18. The highest BCUT2D eigenvalue weighted by atomic mass is 35.5. The van der Waals surface area contributed by atoms with Crippen molar-refractivity contribution >= 4 is 23.2 Å². The van der Waals surface area contributed by atoms with Crippen LogP contribution in [0.5, 0.6) is 0 Å². The van der Waals surface area contributed by atoms with Crippen molar-refractivity contribution in [2.75, 3.05) is 6.61 Å². The van der Waals surface area contributed by atoms with E-state index < -0.39 is 0 Å². The highest BCUT2D eigenvalue weighted by molar-refractivity contribution is 6.42. The molecule has 78 valence electrons. The molecule has 0 amide bonds. The standard InChI is InChI=1S/C11H9Cl2NO/c12-9-3-1-2-8(10(9)13)11-7(6-14)4-5-15-11/h1-3,7,11H,4-5H2. The minimum Gasteiger partial charge on any atom is -0.372 e. The van der Waals surface area contributed by atoms with Crippen molar-refractivity contribution in [2.24, 2.45) is 5.92 Å². The highest BCUT2D eigenvalue weighted by Crippen LogP contribution is 2.39. The van der Waals surface area contributed by atoms with E-state index in [4.69, 9.17) is 33.2 Å². The fraction of sp³-hybridized carbons (Fsp3) is 0.364. The van der Waals surface area contributed by atoms with Crippen molar-refractivity contribution in [3.8, 4) is 6.07 Å². The van der Waals surface area contributed by atoms with E-state index in [0.29, 0.717) is 16.7 Å². The van der Waals surface area contributed by atoms with Crippen LogP contribution in [-0.2, 0) is 4.74 Å². The lowest BCUT2D eigenvalue weighted by atomic mass is 9.97. The van der Waals surface area contributed by atoms with Gasteiger partial charge >= 0.3 is 0 Å². The van der Waals surface area contributed by atoms with Gasteiger partial charge in [0.15, 0.2) is 0 Å². The molecule has 0 N–H and O–H groups in total. The van der Waals surface area contributed by atoms with E-state index >= 15 is 0 Å². The van der Waals surface area contributed by atoms with Gasteiger partial charge in [0.2, 0.25) is 0 Å². The second-order valence-corrected chi connectivity index (χ2v) is 4.24. The molecule has 2 atom stereocenters. The predicted octanol–water partition coefficient (Wildman–Crippen LogP) is 3.59. The van der Waals surface area contributed by atoms with Crippen molar-refractivity contribution in [1.29, 1.82) is 5.26 Å². The molecule has 0 aliphatic carbocycles. The van der Waals surface area contributed by atoms with Crippen LogP contribution in [0.3, 0.4) is 0 Å². The zero-order valence-electron chi connectivity index (χ0n) is 7.91. The molecule has 15 heavy (non-hydrogen) atoms. The Bertz CT molecular complexity index is 414. The molecule has 1 aliphatic heterocycles. The van der Waals surface area contributed by atoms with Crippen LogP contribution in [0.25, 0.3) is 0 Å². The molecule has 0 radical (unpaired) electrons. The Labute approximate surface area is 98.4 Å². The third-order valence-electron chi connectivity index (χ3n) is 2.55. The van der Waals surface area contributed by atoms with E-state index in [-0.39, 0.29) is 12.0 Å². The average molecular weight is 242 g/mol. The summed E-state index contributed by atoms with van der Waals surface area (Å²) < 4.78 is 5.51. The summed E-state index contributed by atoms with van der Waals surface area (Å²) >= 11 is 12.0. The molecule has 1 fully saturated rings. The van der Waals surface area contributed by atoms with Crippen LogP contribution in [-0.4, -0.2) is 6.61 Å². The summed E-state index contributed by atoms with van der Waals surface area (Å²) in [6.07, 6.45) is 0.519. The van der Waals surface area contributed by atoms with Gasteiger partial charge < -0.3 is 4.74 Å². The second-order valence-electron chi connectivity index (χ2n) is 3.46. The maximum absolute atomic E-state index is 8.95. The van der Waals surface area contributed by atoms with E-state index in [2.05, 4.69) is 6.07 Å². The number of hydrogen-bond donors (Lipinski definition) is 0. The smallest absolute Gasteiger partial charge is 0.0998 e. The second kappa shape index (κ2) is 4.40. The van der Waals surface area contributed by atoms with E-state index in [1.807, 2.05) is 12.1 Å². The van der Waals surface area contributed by atoms with Crippen molar-refractivity contribution in [3.05, 3.63) is 33.8 Å². The Morgan fingerprint density at radius 1 is 1.40 bits per heavy atom. The molecule has 0 aromatic heterocycles. The molecular weight excluding hydrogens is 233 g/mol. The number of nitrogens with zero attached hydrogens (tertiary/aromatic N) is 1. The van der Waals surface area contributed by atoms with Crippen LogP contribution < -0.4 is 0 Å². The van der Waals surface area contributed by atoms with Gasteiger partial charge in [0.1, 0.15) is 0 Å². The minimum absolute atomic E-state index is 0.124. The molecule has 2 rings (SSSR count). The maximum atomic E-state index is 8.95. The first-order valence-electron chi connectivity index (χ1n) is 4.69. The van der Waals surface area contributed by atoms with Crippen molar-refractivity contribution < 1.29 is 4.74 Å². The van der Waals surface area contributed by atoms with Crippen LogP contribution in [0.2, 0.25) is 10.0 Å². The van der Waals surface area contributed by atoms with Crippen LogP contribution in [0.15, 0.2) is 18.2 Å². The van der Waals surface area contributed by atoms with E-state index in [0.717, 1.165) is 12.0 Å². The summed E-state index contributed by atoms with van der Waals surface area (Å²) in [5.74, 6) is -0.124. The third-order valence-corrected chi connectivity index (χ3v) is 3.38. The van der Waals surface area contributed by atoms with Crippen LogP contribution in [0.4, 0.5) is 0 Å². The Balaban J connectivity index is 2.37. The van der Waals surface area contributed by atoms with Gasteiger partial charge in [0.25, 0.3) is 0 Å². The van der Waals surface area contributed by atoms with Crippen molar-refractivity contribution in [3.63, 3.8) is 0 Å². The molecule has 0 saturated carbocycles. The molecule has 1 heterocycles. The maximum Gasteiger partial charge on any atom is 0.0998 e. The SMILES string of the molecule is N#CC1CCOC1c1cccc(Cl)c1Cl. The van der Waals surface area contributed by atoms with Crippen LogP contribution in [0, 0.1) is 17.2 Å². The number of halogens is 2. The van der Waals surface area contributed by atoms with Gasteiger partial charge in [-0.25, -0.2) is 0 Å². The number of rotatable bonds is 1. The van der Waals surface area contributed by atoms with Gasteiger partial charge in [-0.3, -0.25) is 0 Å². The van der Waals surface area contributed by atoms with E-state index in [1.165, 1.54) is 0 Å². The molecule has 0 spiro atoms. The Morgan fingerprint density at radius 3 is 2.93 bits per heavy atom. The molecule has 1 saturated heterocycles. The van der Waals surface area contributed by atoms with Gasteiger partial charge in [-0.15, -0.1) is 0 Å². The molecule has 2 nitrogen and oxygen atoms in total. The lowest BCUT2D eigenvalue weighted by Crippen LogP contribution is -2.06. The topological polar surface area (TPSA) is 33.0 Å². The lowest BCUT2D eigenvalue weighted by Gasteiger charge is -2.15. The lowest BCUT2D eigenvalue weighted by molar-refractivity contribution is 0.101. The summed E-state index contributed by atoms with van der Waals surface area (Å²) in [7, 11) is 0. The number of ether oxygens (including phenoxy) is 1. The van der Waals surface area contributed by atoms with E-state index in [9.17, 15) is 0 Å². The average Bonchev–Trinajstić information content (AvgIpc) is 2.70. The normalized spacial score (nSPS) is 25.1. The summed E-state index contributed by atoms with van der Waals surface area (Å²) in [5.41, 5.74) is 0.813. The van der Waals surface area contributed by atoms with Gasteiger partial charge in [-0.2, -0.15) is 5.26 Å². The fourth-order valence-electron chi connectivity index (χ4n) is 1.77. The van der Waals surface area contributed by atoms with Crippen LogP contribution in [0.1, 0.15) is 18.1 Å². The first-order valence-corrected chi connectivity index (χ1v) is 5.44. The first-order chi connectivity index (χ1) is 7.24. The summed E-state index contributed by atoms with van der Waals surface area (Å²) in [4.78, 5) is 0. The zero-order valence-corrected chi connectivity index (χ0v) is 9.42. The van der Waals surface area contributed by atoms with Gasteiger partial charge in [-0.05, 0) is 12.5 Å². The molecule has 4 heteroatoms. The summed E-state index contributed by atoms with van der Waals surface area (Å²) in [5, 5.41) is 9.95. The Kier molecular flexibility index (Phi) is 3.16. The highest BCUT2D eigenvalue weighted by Gasteiger charge is 2.31. The molecule has 2 unspecified atom stereocenters. The predicted molar refractivity (Wildman–Crippen MR) is 58.9 cm³/mol. The van der Waals surface area contributed by atoms with Gasteiger partial charge in [0, 0.05) is 12.2 Å². The zero-order chi connectivity index (χ0) is 10.8. The summed E-state index contributed by atoms with van der Waals surface area (Å²) in [6.45, 7) is 0.603. The van der Waals surface area contributed by atoms with E-state index in [1.54, 1.807) is 6.07 Å². The monoisotopic (exact) mass is 241 g/mol. The molecular formula is C11H9Cl2NO. The van der Waals surface area contributed by atoms with Gasteiger partial charge in [0.05, 0.1) is 28.1 Å². The summed E-state index contributed by atoms with van der Waals surface area (Å²) in [6, 6.07) is 7.63. The largest absolute Gasteiger partial charge is 0.372 e. The number of benzene rings is 1. The Morgan fingerprint density at radius 2 is 2.20 bits per heavy atom. The number of hydrogen-bond acceptors (Lipinski definition) is 2. The first kappa shape index (κ1) is 10.8. The van der Waals surface area contributed by atoms with Gasteiger partial charge in [-0.1, -0.05) is 35.3 Å². The van der Waals surface area contributed by atoms with Crippen molar-refractivity contribution in [2.45, 2.75) is 12.5 Å². The minimum atomic E-state index is -0.235.